The minimum absolute atomic E-state index is 0.0952. The maximum atomic E-state index is 14.8. The summed E-state index contributed by atoms with van der Waals surface area (Å²) < 4.78 is 80.7. The molecule has 12 heteroatoms. The van der Waals surface area contributed by atoms with Crippen LogP contribution < -0.4 is 14.9 Å². The Balaban J connectivity index is 1.65. The fourth-order valence-electron chi connectivity index (χ4n) is 4.59. The first-order valence-corrected chi connectivity index (χ1v) is 14.0. The molecule has 0 aliphatic carbocycles. The Morgan fingerprint density at radius 1 is 1.08 bits per heavy atom. The fraction of sp³-hybridized carbons (Fsp3) is 0.385. The summed E-state index contributed by atoms with van der Waals surface area (Å²) in [5.74, 6) is -1.25. The van der Waals surface area contributed by atoms with Gasteiger partial charge in [0.2, 0.25) is 10.0 Å². The van der Waals surface area contributed by atoms with Gasteiger partial charge in [-0.05, 0) is 75.1 Å². The van der Waals surface area contributed by atoms with E-state index in [4.69, 9.17) is 0 Å². The number of sulfonamides is 1. The van der Waals surface area contributed by atoms with Crippen molar-refractivity contribution in [2.75, 3.05) is 29.0 Å². The molecule has 38 heavy (non-hydrogen) atoms. The number of carbonyl (C=O) groups is 1. The van der Waals surface area contributed by atoms with E-state index < -0.39 is 39.7 Å². The van der Waals surface area contributed by atoms with Crippen LogP contribution in [-0.2, 0) is 16.2 Å². The molecule has 0 saturated carbocycles. The Bertz CT molecular complexity index is 1490. The van der Waals surface area contributed by atoms with E-state index in [1.807, 2.05) is 4.90 Å². The third-order valence-electron chi connectivity index (χ3n) is 6.49. The third-order valence-corrected chi connectivity index (χ3v) is 7.08. The van der Waals surface area contributed by atoms with Crippen LogP contribution in [0.4, 0.5) is 28.9 Å². The van der Waals surface area contributed by atoms with Gasteiger partial charge in [-0.1, -0.05) is 0 Å². The number of fused-ring (bicyclic) bond motifs is 1. The quantitative estimate of drug-likeness (QED) is 0.391. The molecule has 1 atom stereocenters. The number of benzene rings is 2. The van der Waals surface area contributed by atoms with E-state index >= 15 is 0 Å². The molecular formula is C26H28F4N4O3S. The lowest BCUT2D eigenvalue weighted by atomic mass is 10.0. The number of halogens is 4. The molecule has 2 heterocycles. The molecule has 1 aliphatic rings. The zero-order chi connectivity index (χ0) is 27.8. The van der Waals surface area contributed by atoms with Gasteiger partial charge in [0.25, 0.3) is 5.91 Å². The molecule has 0 spiro atoms. The van der Waals surface area contributed by atoms with Crippen LogP contribution in [0.15, 0.2) is 36.4 Å². The van der Waals surface area contributed by atoms with Crippen molar-refractivity contribution in [2.24, 2.45) is 0 Å². The molecule has 3 aromatic rings. The van der Waals surface area contributed by atoms with Gasteiger partial charge in [0.05, 0.1) is 23.5 Å². The minimum Gasteiger partial charge on any atom is -0.371 e. The van der Waals surface area contributed by atoms with Crippen molar-refractivity contribution >= 4 is 38.2 Å². The molecule has 0 radical (unpaired) electrons. The second-order valence-corrected chi connectivity index (χ2v) is 11.3. The molecule has 0 bridgehead atoms. The molecule has 1 aromatic heterocycles. The number of piperidine rings is 1. The molecule has 7 nitrogen and oxygen atoms in total. The van der Waals surface area contributed by atoms with Gasteiger partial charge in [-0.25, -0.2) is 17.8 Å². The first kappa shape index (κ1) is 27.6. The van der Waals surface area contributed by atoms with E-state index in [2.05, 4.69) is 15.0 Å². The molecule has 2 N–H and O–H groups in total. The highest BCUT2D eigenvalue weighted by molar-refractivity contribution is 7.92. The van der Waals surface area contributed by atoms with Crippen molar-refractivity contribution in [3.8, 4) is 0 Å². The molecule has 4 rings (SSSR count). The number of carbonyl (C=O) groups excluding carboxylic acids is 1. The number of hydrogen-bond donors (Lipinski definition) is 2. The Morgan fingerprint density at radius 3 is 2.39 bits per heavy atom. The van der Waals surface area contributed by atoms with E-state index in [1.165, 1.54) is 24.3 Å². The summed E-state index contributed by atoms with van der Waals surface area (Å²) in [5.41, 5.74) is 0.420. The Hall–Kier alpha value is -3.41. The molecular weight excluding hydrogens is 524 g/mol. The smallest absolute Gasteiger partial charge is 0.371 e. The van der Waals surface area contributed by atoms with Crippen LogP contribution in [-0.4, -0.2) is 38.7 Å². The predicted octanol–water partition coefficient (Wildman–Crippen LogP) is 5.55. The second kappa shape index (κ2) is 10.4. The van der Waals surface area contributed by atoms with Gasteiger partial charge >= 0.3 is 6.18 Å². The van der Waals surface area contributed by atoms with Crippen LogP contribution in [0.1, 0.15) is 59.4 Å². The summed E-state index contributed by atoms with van der Waals surface area (Å²) in [7, 11) is -3.60. The average molecular weight is 553 g/mol. The summed E-state index contributed by atoms with van der Waals surface area (Å²) in [6.07, 6.45) is -0.948. The number of nitrogens with zero attached hydrogens (tertiary/aromatic N) is 2. The summed E-state index contributed by atoms with van der Waals surface area (Å²) in [4.78, 5) is 18.8. The maximum absolute atomic E-state index is 14.8. The number of amides is 1. The van der Waals surface area contributed by atoms with Crippen LogP contribution in [0.2, 0.25) is 0 Å². The number of aromatic nitrogens is 1. The fourth-order valence-corrected chi connectivity index (χ4v) is 5.21. The summed E-state index contributed by atoms with van der Waals surface area (Å²) in [6, 6.07) is 7.03. The summed E-state index contributed by atoms with van der Waals surface area (Å²) >= 11 is 0. The number of aryl methyl sites for hydroxylation is 1. The zero-order valence-electron chi connectivity index (χ0n) is 21.1. The maximum Gasteiger partial charge on any atom is 0.433 e. The number of alkyl halides is 3. The van der Waals surface area contributed by atoms with Crippen LogP contribution >= 0.6 is 0 Å². The highest BCUT2D eigenvalue weighted by Crippen LogP contribution is 2.36. The van der Waals surface area contributed by atoms with Gasteiger partial charge < -0.3 is 10.2 Å². The molecule has 1 aliphatic heterocycles. The molecule has 1 saturated heterocycles. The normalized spacial score (nSPS) is 15.4. The van der Waals surface area contributed by atoms with Crippen molar-refractivity contribution < 1.29 is 30.8 Å². The lowest BCUT2D eigenvalue weighted by molar-refractivity contribution is -0.140. The largest absolute Gasteiger partial charge is 0.433 e. The number of rotatable bonds is 6. The van der Waals surface area contributed by atoms with E-state index in [-0.39, 0.29) is 22.3 Å². The lowest BCUT2D eigenvalue weighted by Gasteiger charge is -2.30. The van der Waals surface area contributed by atoms with Crippen molar-refractivity contribution in [3.05, 3.63) is 64.6 Å². The predicted molar refractivity (Wildman–Crippen MR) is 138 cm³/mol. The minimum atomic E-state index is -4.61. The molecule has 2 aromatic carbocycles. The first-order valence-electron chi connectivity index (χ1n) is 12.1. The lowest BCUT2D eigenvalue weighted by Crippen LogP contribution is -2.30. The topological polar surface area (TPSA) is 91.4 Å². The second-order valence-electron chi connectivity index (χ2n) is 9.56. The average Bonchev–Trinajstić information content (AvgIpc) is 2.84. The number of anilines is 2. The Morgan fingerprint density at radius 2 is 1.76 bits per heavy atom. The van der Waals surface area contributed by atoms with Crippen LogP contribution in [0, 0.1) is 12.7 Å². The number of hydrogen-bond acceptors (Lipinski definition) is 5. The first-order chi connectivity index (χ1) is 17.7. The Labute approximate surface area is 218 Å². The number of pyridine rings is 1. The van der Waals surface area contributed by atoms with E-state index in [1.54, 1.807) is 13.8 Å². The van der Waals surface area contributed by atoms with Gasteiger partial charge in [-0.2, -0.15) is 13.2 Å². The molecule has 1 amide bonds. The molecule has 1 fully saturated rings. The molecule has 204 valence electrons. The van der Waals surface area contributed by atoms with Crippen LogP contribution in [0.3, 0.4) is 0 Å². The monoisotopic (exact) mass is 552 g/mol. The van der Waals surface area contributed by atoms with Crippen molar-refractivity contribution in [3.63, 3.8) is 0 Å². The van der Waals surface area contributed by atoms with Gasteiger partial charge in [0, 0.05) is 35.3 Å². The van der Waals surface area contributed by atoms with Gasteiger partial charge in [-0.15, -0.1) is 0 Å². The number of nitrogens with one attached hydrogen (secondary N) is 2. The van der Waals surface area contributed by atoms with Crippen molar-refractivity contribution in [2.45, 2.75) is 45.3 Å². The van der Waals surface area contributed by atoms with Gasteiger partial charge in [0.1, 0.15) is 11.5 Å². The Kier molecular flexibility index (Phi) is 7.55. The van der Waals surface area contributed by atoms with Crippen molar-refractivity contribution in [1.29, 1.82) is 0 Å². The third kappa shape index (κ3) is 6.17. The standard InChI is InChI=1S/C26H28F4N4O3S/c1-15-11-18(20(27)13-22(15)33-38(3,36)37)16(2)31-25(35)17-7-8-21-19(12-17)23(34-9-5-4-6-10-34)14-24(32-21)26(28,29)30/h7-8,11-14,16,33H,4-6,9-10H2,1-3H3,(H,31,35)/t16-/m1/s1. The highest BCUT2D eigenvalue weighted by Gasteiger charge is 2.34. The van der Waals surface area contributed by atoms with Crippen molar-refractivity contribution in [1.82, 2.24) is 10.3 Å². The zero-order valence-corrected chi connectivity index (χ0v) is 21.9. The van der Waals surface area contributed by atoms with E-state index in [0.29, 0.717) is 29.7 Å². The van der Waals surface area contributed by atoms with Gasteiger partial charge in [-0.3, -0.25) is 9.52 Å². The molecule has 0 unspecified atom stereocenters. The SMILES string of the molecule is Cc1cc([C@@H](C)NC(=O)c2ccc3nc(C(F)(F)F)cc(N4CCCCC4)c3c2)c(F)cc1NS(C)(=O)=O. The highest BCUT2D eigenvalue weighted by atomic mass is 32.2. The van der Waals surface area contributed by atoms with E-state index in [9.17, 15) is 30.8 Å². The summed E-state index contributed by atoms with van der Waals surface area (Å²) in [5, 5.41) is 3.15. The van der Waals surface area contributed by atoms with Gasteiger partial charge in [0.15, 0.2) is 0 Å². The van der Waals surface area contributed by atoms with Crippen LogP contribution in [0.25, 0.3) is 10.9 Å². The van der Waals surface area contributed by atoms with Crippen LogP contribution in [0.5, 0.6) is 0 Å². The van der Waals surface area contributed by atoms with E-state index in [0.717, 1.165) is 37.7 Å². The summed E-state index contributed by atoms with van der Waals surface area (Å²) in [6.45, 7) is 4.40.